The number of hydrazine groups is 1. The summed E-state index contributed by atoms with van der Waals surface area (Å²) in [5.74, 6) is 5.35. The summed E-state index contributed by atoms with van der Waals surface area (Å²) in [6, 6.07) is 1.49. The zero-order chi connectivity index (χ0) is 13.8. The Labute approximate surface area is 111 Å². The molecule has 1 aromatic rings. The van der Waals surface area contributed by atoms with Crippen LogP contribution in [0, 0.1) is 0 Å². The van der Waals surface area contributed by atoms with E-state index in [-0.39, 0.29) is 11.9 Å². The Balaban J connectivity index is 2.05. The van der Waals surface area contributed by atoms with Crippen molar-refractivity contribution in [3.8, 4) is 0 Å². The highest BCUT2D eigenvalue weighted by molar-refractivity contribution is 5.93. The number of carbonyl (C=O) groups excluding carboxylic acids is 2. The summed E-state index contributed by atoms with van der Waals surface area (Å²) in [6.45, 7) is 3.87. The summed E-state index contributed by atoms with van der Waals surface area (Å²) in [7, 11) is 0. The molecule has 1 atom stereocenters. The van der Waals surface area contributed by atoms with Gasteiger partial charge < -0.3 is 9.73 Å². The summed E-state index contributed by atoms with van der Waals surface area (Å²) in [6.07, 6.45) is 2.10. The van der Waals surface area contributed by atoms with Gasteiger partial charge >= 0.3 is 0 Å². The van der Waals surface area contributed by atoms with Gasteiger partial charge in [-0.3, -0.25) is 19.9 Å². The number of nitrogens with two attached hydrogens (primary N) is 1. The van der Waals surface area contributed by atoms with Crippen molar-refractivity contribution in [3.05, 3.63) is 23.7 Å². The molecule has 0 aliphatic carbocycles. The van der Waals surface area contributed by atoms with E-state index in [1.165, 1.54) is 6.26 Å². The van der Waals surface area contributed by atoms with Crippen LogP contribution in [0.2, 0.25) is 0 Å². The fourth-order valence-electron chi connectivity index (χ4n) is 2.26. The van der Waals surface area contributed by atoms with Crippen LogP contribution in [0.15, 0.2) is 16.7 Å². The second-order valence-corrected chi connectivity index (χ2v) is 4.46. The van der Waals surface area contributed by atoms with Crippen LogP contribution in [-0.2, 0) is 11.3 Å². The third-order valence-corrected chi connectivity index (χ3v) is 3.23. The van der Waals surface area contributed by atoms with Gasteiger partial charge in [-0.05, 0) is 12.5 Å². The highest BCUT2D eigenvalue weighted by Gasteiger charge is 2.28. The molecule has 2 heterocycles. The minimum Gasteiger partial charge on any atom is -0.467 e. The summed E-state index contributed by atoms with van der Waals surface area (Å²) in [4.78, 5) is 25.1. The lowest BCUT2D eigenvalue weighted by Gasteiger charge is -2.33. The first-order valence-electron chi connectivity index (χ1n) is 6.25. The Hall–Kier alpha value is -1.86. The van der Waals surface area contributed by atoms with E-state index in [9.17, 15) is 9.59 Å². The minimum atomic E-state index is -0.390. The van der Waals surface area contributed by atoms with Gasteiger partial charge in [-0.2, -0.15) is 0 Å². The molecule has 7 nitrogen and oxygen atoms in total. The summed E-state index contributed by atoms with van der Waals surface area (Å²) in [5, 5.41) is 2.84. The van der Waals surface area contributed by atoms with E-state index in [1.807, 2.05) is 17.2 Å². The van der Waals surface area contributed by atoms with Crippen molar-refractivity contribution >= 4 is 11.8 Å². The van der Waals surface area contributed by atoms with Gasteiger partial charge in [0.05, 0.1) is 18.2 Å². The molecule has 1 aliphatic rings. The Bertz CT molecular complexity index is 471. The fraction of sp³-hybridized carbons (Fsp3) is 0.500. The molecule has 0 saturated carbocycles. The lowest BCUT2D eigenvalue weighted by Crippen LogP contribution is -2.54. The standard InChI is InChI=1S/C12H18N4O3/c1-2-10-12(18)14-3-4-16(10)6-9-5-8(7-19-9)11(17)15-13/h5,7,10H,2-4,6,13H2,1H3,(H,14,18)(H,15,17). The van der Waals surface area contributed by atoms with E-state index >= 15 is 0 Å². The molecule has 1 aromatic heterocycles. The fourth-order valence-corrected chi connectivity index (χ4v) is 2.26. The molecule has 104 valence electrons. The number of hydrogen-bond donors (Lipinski definition) is 3. The Kier molecular flexibility index (Phi) is 4.18. The molecule has 1 aliphatic heterocycles. The molecule has 1 saturated heterocycles. The Morgan fingerprint density at radius 2 is 2.47 bits per heavy atom. The lowest BCUT2D eigenvalue weighted by molar-refractivity contribution is -0.129. The largest absolute Gasteiger partial charge is 0.467 e. The van der Waals surface area contributed by atoms with Gasteiger partial charge in [-0.1, -0.05) is 6.92 Å². The molecule has 2 rings (SSSR count). The quantitative estimate of drug-likeness (QED) is 0.391. The monoisotopic (exact) mass is 266 g/mol. The van der Waals surface area contributed by atoms with E-state index in [4.69, 9.17) is 10.3 Å². The van der Waals surface area contributed by atoms with Crippen molar-refractivity contribution in [2.45, 2.75) is 25.9 Å². The van der Waals surface area contributed by atoms with Crippen molar-refractivity contribution in [2.75, 3.05) is 13.1 Å². The molecule has 1 fully saturated rings. The van der Waals surface area contributed by atoms with Crippen molar-refractivity contribution in [1.82, 2.24) is 15.6 Å². The van der Waals surface area contributed by atoms with Crippen molar-refractivity contribution in [1.29, 1.82) is 0 Å². The van der Waals surface area contributed by atoms with Gasteiger partial charge in [-0.25, -0.2) is 5.84 Å². The molecule has 0 spiro atoms. The SMILES string of the molecule is CCC1C(=O)NCCN1Cc1cc(C(=O)NN)co1. The third kappa shape index (κ3) is 2.94. The average molecular weight is 266 g/mol. The van der Waals surface area contributed by atoms with Crippen molar-refractivity contribution < 1.29 is 14.0 Å². The zero-order valence-electron chi connectivity index (χ0n) is 10.8. The molecule has 1 unspecified atom stereocenters. The second-order valence-electron chi connectivity index (χ2n) is 4.46. The second kappa shape index (κ2) is 5.85. The van der Waals surface area contributed by atoms with E-state index in [2.05, 4.69) is 5.32 Å². The first-order valence-corrected chi connectivity index (χ1v) is 6.25. The van der Waals surface area contributed by atoms with Crippen molar-refractivity contribution in [3.63, 3.8) is 0 Å². The average Bonchev–Trinajstić information content (AvgIpc) is 2.87. The van der Waals surface area contributed by atoms with Crippen LogP contribution in [0.25, 0.3) is 0 Å². The molecule has 0 aromatic carbocycles. The normalized spacial score (nSPS) is 20.1. The predicted molar refractivity (Wildman–Crippen MR) is 67.9 cm³/mol. The van der Waals surface area contributed by atoms with E-state index in [0.717, 1.165) is 13.0 Å². The van der Waals surface area contributed by atoms with E-state index < -0.39 is 5.91 Å². The molecule has 0 radical (unpaired) electrons. The van der Waals surface area contributed by atoms with Gasteiger partial charge in [-0.15, -0.1) is 0 Å². The highest BCUT2D eigenvalue weighted by atomic mass is 16.3. The molecule has 7 heteroatoms. The van der Waals surface area contributed by atoms with Gasteiger partial charge in [0.25, 0.3) is 5.91 Å². The van der Waals surface area contributed by atoms with Crippen LogP contribution >= 0.6 is 0 Å². The molecule has 19 heavy (non-hydrogen) atoms. The Morgan fingerprint density at radius 3 is 3.16 bits per heavy atom. The van der Waals surface area contributed by atoms with Crippen LogP contribution in [0.4, 0.5) is 0 Å². The van der Waals surface area contributed by atoms with Crippen LogP contribution in [-0.4, -0.2) is 35.8 Å². The van der Waals surface area contributed by atoms with Gasteiger partial charge in [0.2, 0.25) is 5.91 Å². The molecular weight excluding hydrogens is 248 g/mol. The smallest absolute Gasteiger partial charge is 0.268 e. The number of hydrogen-bond acceptors (Lipinski definition) is 5. The van der Waals surface area contributed by atoms with Crippen LogP contribution in [0.3, 0.4) is 0 Å². The molecule has 2 amide bonds. The summed E-state index contributed by atoms with van der Waals surface area (Å²) >= 11 is 0. The maximum Gasteiger partial charge on any atom is 0.268 e. The number of nitrogen functional groups attached to an aromatic ring is 1. The first kappa shape index (κ1) is 13.6. The van der Waals surface area contributed by atoms with Crippen LogP contribution in [0.5, 0.6) is 0 Å². The number of carbonyl (C=O) groups is 2. The van der Waals surface area contributed by atoms with Crippen LogP contribution < -0.4 is 16.6 Å². The van der Waals surface area contributed by atoms with Crippen LogP contribution in [0.1, 0.15) is 29.5 Å². The van der Waals surface area contributed by atoms with Gasteiger partial charge in [0.15, 0.2) is 0 Å². The number of rotatable bonds is 4. The van der Waals surface area contributed by atoms with E-state index in [1.54, 1.807) is 6.07 Å². The maximum atomic E-state index is 11.7. The van der Waals surface area contributed by atoms with Crippen molar-refractivity contribution in [2.24, 2.45) is 5.84 Å². The number of piperazine rings is 1. The zero-order valence-corrected chi connectivity index (χ0v) is 10.8. The van der Waals surface area contributed by atoms with Gasteiger partial charge in [0, 0.05) is 13.1 Å². The van der Waals surface area contributed by atoms with E-state index in [0.29, 0.717) is 24.4 Å². The number of nitrogens with one attached hydrogen (secondary N) is 2. The lowest BCUT2D eigenvalue weighted by atomic mass is 10.1. The molecular formula is C12H18N4O3. The molecule has 4 N–H and O–H groups in total. The van der Waals surface area contributed by atoms with Gasteiger partial charge in [0.1, 0.15) is 12.0 Å². The first-order chi connectivity index (χ1) is 9.15. The number of nitrogens with zero attached hydrogens (tertiary/aromatic N) is 1. The number of furan rings is 1. The number of amides is 2. The maximum absolute atomic E-state index is 11.7. The summed E-state index contributed by atoms with van der Waals surface area (Å²) in [5.41, 5.74) is 2.43. The third-order valence-electron chi connectivity index (χ3n) is 3.23. The molecule has 0 bridgehead atoms. The Morgan fingerprint density at radius 1 is 1.68 bits per heavy atom. The minimum absolute atomic E-state index is 0.0419. The predicted octanol–water partition coefficient (Wildman–Crippen LogP) is -0.406. The summed E-state index contributed by atoms with van der Waals surface area (Å²) < 4.78 is 5.33. The highest BCUT2D eigenvalue weighted by Crippen LogP contribution is 2.15. The topological polar surface area (TPSA) is 101 Å².